The molecule has 0 saturated carbocycles. The third kappa shape index (κ3) is 3.48. The van der Waals surface area contributed by atoms with Crippen molar-refractivity contribution >= 4 is 11.4 Å². The van der Waals surface area contributed by atoms with Crippen LogP contribution < -0.4 is 0 Å². The van der Waals surface area contributed by atoms with E-state index in [1.54, 1.807) is 24.0 Å². The van der Waals surface area contributed by atoms with Crippen molar-refractivity contribution in [2.45, 2.75) is 13.0 Å². The van der Waals surface area contributed by atoms with Gasteiger partial charge in [0, 0.05) is 44.6 Å². The van der Waals surface area contributed by atoms with Crippen molar-refractivity contribution in [2.75, 3.05) is 26.7 Å². The molecule has 4 aromatic rings. The van der Waals surface area contributed by atoms with Crippen LogP contribution in [0.5, 0.6) is 0 Å². The summed E-state index contributed by atoms with van der Waals surface area (Å²) >= 11 is 0. The van der Waals surface area contributed by atoms with Crippen LogP contribution in [0, 0.1) is 6.92 Å². The van der Waals surface area contributed by atoms with Gasteiger partial charge in [0.1, 0.15) is 11.4 Å². The highest BCUT2D eigenvalue weighted by Crippen LogP contribution is 2.28. The van der Waals surface area contributed by atoms with E-state index in [9.17, 15) is 4.79 Å². The molecule has 4 heterocycles. The highest BCUT2D eigenvalue weighted by atomic mass is 16.2. The van der Waals surface area contributed by atoms with E-state index in [-0.39, 0.29) is 11.9 Å². The number of carbonyl (C=O) groups excluding carboxylic acids is 1. The number of aromatic nitrogens is 5. The molecule has 1 saturated heterocycles. The topological polar surface area (TPSA) is 71.6 Å². The molecule has 0 spiro atoms. The van der Waals surface area contributed by atoms with Crippen molar-refractivity contribution < 1.29 is 4.79 Å². The fourth-order valence-corrected chi connectivity index (χ4v) is 4.17. The van der Waals surface area contributed by atoms with Gasteiger partial charge in [-0.25, -0.2) is 4.52 Å². The number of pyridine rings is 1. The number of hydrogen-bond acceptors (Lipinski definition) is 5. The molecule has 1 aliphatic heterocycles. The Kier molecular flexibility index (Phi) is 4.78. The molecule has 0 N–H and O–H groups in total. The Morgan fingerprint density at radius 1 is 1.00 bits per heavy atom. The molecule has 3 aromatic heterocycles. The normalized spacial score (nSPS) is 17.4. The number of likely N-dealkylation sites (N-methyl/N-ethyl adjacent to an activating group) is 1. The molecule has 31 heavy (non-hydrogen) atoms. The van der Waals surface area contributed by atoms with Gasteiger partial charge in [-0.15, -0.1) is 5.10 Å². The Bertz CT molecular complexity index is 1240. The van der Waals surface area contributed by atoms with E-state index < -0.39 is 0 Å². The van der Waals surface area contributed by atoms with Crippen LogP contribution in [0.25, 0.3) is 16.6 Å². The molecule has 5 rings (SSSR count). The van der Waals surface area contributed by atoms with Gasteiger partial charge in [0.15, 0.2) is 0 Å². The van der Waals surface area contributed by atoms with Gasteiger partial charge < -0.3 is 4.90 Å². The molecule has 1 aromatic carbocycles. The van der Waals surface area contributed by atoms with E-state index in [0.717, 1.165) is 28.9 Å². The number of rotatable bonds is 3. The first-order chi connectivity index (χ1) is 15.0. The zero-order valence-corrected chi connectivity index (χ0v) is 17.9. The lowest BCUT2D eigenvalue weighted by molar-refractivity contribution is 0.0531. The fourth-order valence-electron chi connectivity index (χ4n) is 4.17. The lowest BCUT2D eigenvalue weighted by Gasteiger charge is -2.38. The van der Waals surface area contributed by atoms with Gasteiger partial charge in [-0.1, -0.05) is 41.1 Å². The molecule has 8 nitrogen and oxygen atoms in total. The van der Waals surface area contributed by atoms with Gasteiger partial charge in [0.05, 0.1) is 11.6 Å². The summed E-state index contributed by atoms with van der Waals surface area (Å²) in [6.07, 6.45) is 3.66. The van der Waals surface area contributed by atoms with E-state index in [1.165, 1.54) is 5.56 Å². The van der Waals surface area contributed by atoms with Gasteiger partial charge in [0.25, 0.3) is 5.91 Å². The summed E-state index contributed by atoms with van der Waals surface area (Å²) in [5, 5.41) is 13.0. The monoisotopic (exact) mass is 415 g/mol. The largest absolute Gasteiger partial charge is 0.334 e. The van der Waals surface area contributed by atoms with Gasteiger partial charge >= 0.3 is 0 Å². The van der Waals surface area contributed by atoms with Crippen molar-refractivity contribution in [2.24, 2.45) is 7.05 Å². The molecule has 0 aliphatic carbocycles. The smallest absolute Gasteiger partial charge is 0.272 e. The second-order valence-corrected chi connectivity index (χ2v) is 8.18. The van der Waals surface area contributed by atoms with Crippen LogP contribution in [0.15, 0.2) is 54.9 Å². The summed E-state index contributed by atoms with van der Waals surface area (Å²) in [4.78, 5) is 17.1. The van der Waals surface area contributed by atoms with Crippen molar-refractivity contribution in [1.29, 1.82) is 0 Å². The van der Waals surface area contributed by atoms with Crippen LogP contribution in [-0.2, 0) is 7.05 Å². The van der Waals surface area contributed by atoms with Crippen molar-refractivity contribution in [3.05, 3.63) is 71.8 Å². The van der Waals surface area contributed by atoms with E-state index >= 15 is 0 Å². The van der Waals surface area contributed by atoms with E-state index in [2.05, 4.69) is 70.7 Å². The zero-order chi connectivity index (χ0) is 21.5. The Hall–Kier alpha value is -3.52. The summed E-state index contributed by atoms with van der Waals surface area (Å²) < 4.78 is 3.45. The Morgan fingerprint density at radius 3 is 2.52 bits per heavy atom. The van der Waals surface area contributed by atoms with Crippen LogP contribution in [0.1, 0.15) is 27.8 Å². The molecule has 0 radical (unpaired) electrons. The van der Waals surface area contributed by atoms with E-state index in [1.807, 2.05) is 15.6 Å². The Balaban J connectivity index is 1.44. The number of fused-ring (bicyclic) bond motifs is 1. The number of amides is 1. The second-order valence-electron chi connectivity index (χ2n) is 8.18. The maximum absolute atomic E-state index is 13.0. The number of nitrogens with zero attached hydrogens (tertiary/aromatic N) is 7. The SMILES string of the molecule is Cc1ccc(-c2ccc3c(C4CN(C(=O)c5ccnn5C)CCN4C)nnn3c2)cc1. The van der Waals surface area contributed by atoms with Crippen LogP contribution >= 0.6 is 0 Å². The molecule has 1 fully saturated rings. The molecule has 1 atom stereocenters. The minimum Gasteiger partial charge on any atom is -0.334 e. The molecule has 1 unspecified atom stereocenters. The quantitative estimate of drug-likeness (QED) is 0.514. The first-order valence-corrected chi connectivity index (χ1v) is 10.4. The van der Waals surface area contributed by atoms with Crippen LogP contribution in [0.4, 0.5) is 0 Å². The lowest BCUT2D eigenvalue weighted by atomic mass is 10.0. The summed E-state index contributed by atoms with van der Waals surface area (Å²) in [6.45, 7) is 4.09. The maximum Gasteiger partial charge on any atom is 0.272 e. The zero-order valence-electron chi connectivity index (χ0n) is 17.9. The number of benzene rings is 1. The summed E-state index contributed by atoms with van der Waals surface area (Å²) in [5.74, 6) is -0.00349. The molecule has 0 bridgehead atoms. The Morgan fingerprint density at radius 2 is 1.77 bits per heavy atom. The predicted octanol–water partition coefficient (Wildman–Crippen LogP) is 2.57. The molecule has 1 aliphatic rings. The van der Waals surface area contributed by atoms with E-state index in [0.29, 0.717) is 18.8 Å². The predicted molar refractivity (Wildman–Crippen MR) is 118 cm³/mol. The lowest BCUT2D eigenvalue weighted by Crippen LogP contribution is -2.49. The minimum absolute atomic E-state index is 0.00349. The van der Waals surface area contributed by atoms with Crippen molar-refractivity contribution in [3.8, 4) is 11.1 Å². The summed E-state index contributed by atoms with van der Waals surface area (Å²) in [5.41, 5.74) is 5.92. The molecule has 1 amide bonds. The Labute approximate surface area is 180 Å². The third-order valence-electron chi connectivity index (χ3n) is 6.12. The molecule has 158 valence electrons. The van der Waals surface area contributed by atoms with Crippen LogP contribution in [-0.4, -0.2) is 67.0 Å². The molecular formula is C23H25N7O. The molecular weight excluding hydrogens is 390 g/mol. The highest BCUT2D eigenvalue weighted by Gasteiger charge is 2.32. The molecule has 8 heteroatoms. The first kappa shape index (κ1) is 19.4. The number of hydrogen-bond donors (Lipinski definition) is 0. The minimum atomic E-state index is -0.0198. The van der Waals surface area contributed by atoms with Gasteiger partial charge in [-0.05, 0) is 31.7 Å². The average Bonchev–Trinajstić information content (AvgIpc) is 3.40. The van der Waals surface area contributed by atoms with Crippen molar-refractivity contribution in [3.63, 3.8) is 0 Å². The third-order valence-corrected chi connectivity index (χ3v) is 6.12. The number of piperazine rings is 1. The van der Waals surface area contributed by atoms with Crippen molar-refractivity contribution in [1.82, 2.24) is 34.4 Å². The number of carbonyl (C=O) groups is 1. The van der Waals surface area contributed by atoms with Gasteiger partial charge in [-0.2, -0.15) is 5.10 Å². The highest BCUT2D eigenvalue weighted by molar-refractivity contribution is 5.92. The first-order valence-electron chi connectivity index (χ1n) is 10.4. The number of aryl methyl sites for hydroxylation is 2. The van der Waals surface area contributed by atoms with Gasteiger partial charge in [0.2, 0.25) is 0 Å². The van der Waals surface area contributed by atoms with Gasteiger partial charge in [-0.3, -0.25) is 14.4 Å². The fraction of sp³-hybridized carbons (Fsp3) is 0.304. The van der Waals surface area contributed by atoms with Crippen LogP contribution in [0.2, 0.25) is 0 Å². The summed E-state index contributed by atoms with van der Waals surface area (Å²) in [7, 11) is 3.86. The average molecular weight is 416 g/mol. The summed E-state index contributed by atoms with van der Waals surface area (Å²) in [6, 6.07) is 14.4. The van der Waals surface area contributed by atoms with E-state index in [4.69, 9.17) is 0 Å². The standard InChI is InChI=1S/C23H25N7O/c1-16-4-6-17(7-5-16)18-8-9-19-22(25-26-30(19)14-18)21-15-29(13-12-27(21)2)23(31)20-10-11-24-28(20)3/h4-11,14,21H,12-13,15H2,1-3H3. The van der Waals surface area contributed by atoms with Crippen LogP contribution in [0.3, 0.4) is 0 Å². The maximum atomic E-state index is 13.0. The second kappa shape index (κ2) is 7.63.